The molecule has 6 heterocycles. The van der Waals surface area contributed by atoms with E-state index in [9.17, 15) is 0 Å². The van der Waals surface area contributed by atoms with E-state index in [0.29, 0.717) is 52.4 Å². The number of furan rings is 1. The second kappa shape index (κ2) is 37.1. The molecule has 0 spiro atoms. The highest BCUT2D eigenvalue weighted by Crippen LogP contribution is 2.46. The minimum Gasteiger partial charge on any atom is -0.455 e. The zero-order valence-corrected chi connectivity index (χ0v) is 77.6. The van der Waals surface area contributed by atoms with Gasteiger partial charge in [0.15, 0.2) is 52.4 Å². The quantitative estimate of drug-likeness (QED) is 0.0978. The second-order valence-electron chi connectivity index (χ2n) is 34.9. The summed E-state index contributed by atoms with van der Waals surface area (Å²) >= 11 is 3.73. The van der Waals surface area contributed by atoms with E-state index in [4.69, 9.17) is 49.3 Å². The minimum atomic E-state index is 0.628. The van der Waals surface area contributed by atoms with Crippen LogP contribution in [0.1, 0.15) is 0 Å². The summed E-state index contributed by atoms with van der Waals surface area (Å²) < 4.78 is 11.7. The van der Waals surface area contributed by atoms with E-state index >= 15 is 0 Å². The van der Waals surface area contributed by atoms with Gasteiger partial charge < -0.3 is 4.42 Å². The molecule has 6 aromatic heterocycles. The lowest BCUT2D eigenvalue weighted by Crippen LogP contribution is -2.00. The standard InChI is InChI=1S/C43H27N3O.2C43H27N3S/c1-3-11-28(12-4-1)29-21-23-31(24-22-29)42-44-41(30-13-5-2-6-14-30)45-43(46-42)33-16-9-15-32(27-33)34-18-10-19-37-35(34)25-26-38-36-17-7-8-20-39(36)47-40(37)38;1-3-12-28(13-4-1)30-16-9-18-32(26-30)42-44-41(29-14-5-2-6-15-29)45-43(46-42)33-19-10-17-31(27-33)34-21-11-22-37-35(34)24-25-38-36-20-7-8-23-39(36)47-40(37)38;1-3-11-28(12-4-1)29-21-23-31(24-22-29)42-44-41(30-13-5-2-6-14-30)45-43(46-42)33-16-9-15-32(27-33)34-18-10-19-37-35(34)25-26-38-36-17-7-8-20-39(36)47-40(37)38/h3*1-27H. The molecule has 0 amide bonds. The fourth-order valence-electron chi connectivity index (χ4n) is 19.3. The van der Waals surface area contributed by atoms with E-state index in [1.54, 1.807) is 0 Å². The fraction of sp³-hybridized carbons (Fsp3) is 0. The van der Waals surface area contributed by atoms with Crippen molar-refractivity contribution in [3.8, 4) is 169 Å². The maximum absolute atomic E-state index is 6.37. The highest BCUT2D eigenvalue weighted by molar-refractivity contribution is 7.27. The summed E-state index contributed by atoms with van der Waals surface area (Å²) in [5, 5.41) is 14.8. The maximum atomic E-state index is 6.37. The summed E-state index contributed by atoms with van der Waals surface area (Å²) in [6.07, 6.45) is 0. The van der Waals surface area contributed by atoms with Crippen molar-refractivity contribution in [2.75, 3.05) is 0 Å². The largest absolute Gasteiger partial charge is 0.455 e. The van der Waals surface area contributed by atoms with Gasteiger partial charge in [0.1, 0.15) is 11.2 Å². The minimum absolute atomic E-state index is 0.628. The highest BCUT2D eigenvalue weighted by atomic mass is 32.1. The van der Waals surface area contributed by atoms with Crippen molar-refractivity contribution >= 4 is 117 Å². The number of rotatable bonds is 15. The predicted octanol–water partition coefficient (Wildman–Crippen LogP) is 34.7. The fourth-order valence-corrected chi connectivity index (χ4v) is 21.7. The van der Waals surface area contributed by atoms with Gasteiger partial charge in [0.05, 0.1) is 0 Å². The van der Waals surface area contributed by atoms with Crippen LogP contribution in [-0.2, 0) is 0 Å². The summed E-state index contributed by atoms with van der Waals surface area (Å²) in [5.74, 6) is 5.80. The molecule has 0 saturated heterocycles. The Hall–Kier alpha value is -18.3. The van der Waals surface area contributed by atoms with Crippen LogP contribution in [-0.4, -0.2) is 44.9 Å². The summed E-state index contributed by atoms with van der Waals surface area (Å²) in [4.78, 5) is 45.0. The average Bonchev–Trinajstić information content (AvgIpc) is 1.49. The van der Waals surface area contributed by atoms with Gasteiger partial charge in [-0.1, -0.05) is 443 Å². The molecule has 21 aromatic carbocycles. The third-order valence-corrected chi connectivity index (χ3v) is 28.7. The molecule has 27 aromatic rings. The number of hydrogen-bond donors (Lipinski definition) is 0. The average molecular weight is 1840 g/mol. The highest BCUT2D eigenvalue weighted by Gasteiger charge is 2.23. The monoisotopic (exact) mass is 1840 g/mol. The summed E-state index contributed by atoms with van der Waals surface area (Å²) in [6.45, 7) is 0. The van der Waals surface area contributed by atoms with E-state index in [-0.39, 0.29) is 0 Å². The Morgan fingerprint density at radius 3 is 0.716 bits per heavy atom. The van der Waals surface area contributed by atoms with Crippen molar-refractivity contribution in [1.29, 1.82) is 0 Å². The SMILES string of the molecule is c1ccc(-c2ccc(-c3nc(-c4ccccc4)nc(-c4cccc(-c5cccc6c5ccc5c7ccccc7oc65)c4)n3)cc2)cc1.c1ccc(-c2ccc(-c3nc(-c4ccccc4)nc(-c4cccc(-c5cccc6c5ccc5c7ccccc7sc65)c4)n3)cc2)cc1.c1ccc(-c2cccc(-c3nc(-c4ccccc4)nc(-c4cccc(-c5cccc6c5ccc5c7ccccc7sc65)c4)n3)c2)cc1. The first-order chi connectivity index (χ1) is 69.8. The molecule has 12 heteroatoms. The van der Waals surface area contributed by atoms with Crippen LogP contribution >= 0.6 is 22.7 Å². The molecular weight excluding hydrogens is 1760 g/mol. The molecule has 0 saturated carbocycles. The van der Waals surface area contributed by atoms with Gasteiger partial charge in [0.25, 0.3) is 0 Å². The maximum Gasteiger partial charge on any atom is 0.164 e. The van der Waals surface area contributed by atoms with Crippen molar-refractivity contribution in [2.45, 2.75) is 0 Å². The number of aromatic nitrogens is 9. The summed E-state index contributed by atoms with van der Waals surface area (Å²) in [6, 6.07) is 171. The van der Waals surface area contributed by atoms with Gasteiger partial charge in [0.2, 0.25) is 0 Å². The molecule has 27 rings (SSSR count). The van der Waals surface area contributed by atoms with E-state index in [1.807, 2.05) is 144 Å². The zero-order valence-electron chi connectivity index (χ0n) is 76.0. The molecule has 0 radical (unpaired) electrons. The molecular formula is C129H81N9OS2. The lowest BCUT2D eigenvalue weighted by Gasteiger charge is -2.12. The van der Waals surface area contributed by atoms with Crippen LogP contribution in [0.3, 0.4) is 0 Å². The van der Waals surface area contributed by atoms with Gasteiger partial charge >= 0.3 is 0 Å². The van der Waals surface area contributed by atoms with E-state index in [1.165, 1.54) is 84.1 Å². The van der Waals surface area contributed by atoms with Gasteiger partial charge in [0, 0.05) is 117 Å². The predicted molar refractivity (Wildman–Crippen MR) is 587 cm³/mol. The van der Waals surface area contributed by atoms with Gasteiger partial charge in [-0.05, 0) is 131 Å². The van der Waals surface area contributed by atoms with Crippen molar-refractivity contribution in [3.63, 3.8) is 0 Å². The number of para-hydroxylation sites is 1. The first kappa shape index (κ1) is 84.4. The molecule has 0 aliphatic carbocycles. The zero-order chi connectivity index (χ0) is 93.5. The third kappa shape index (κ3) is 16.6. The van der Waals surface area contributed by atoms with E-state index in [0.717, 1.165) is 127 Å². The summed E-state index contributed by atoms with van der Waals surface area (Å²) in [7, 11) is 0. The molecule has 0 bridgehead atoms. The van der Waals surface area contributed by atoms with E-state index in [2.05, 4.69) is 370 Å². The van der Waals surface area contributed by atoms with Crippen LogP contribution in [0.5, 0.6) is 0 Å². The van der Waals surface area contributed by atoms with Gasteiger partial charge in [-0.3, -0.25) is 0 Å². The Bertz CT molecular complexity index is 9050. The lowest BCUT2D eigenvalue weighted by atomic mass is 9.95. The van der Waals surface area contributed by atoms with Crippen LogP contribution in [0.15, 0.2) is 496 Å². The topological polar surface area (TPSA) is 129 Å². The number of thiophene rings is 2. The molecule has 0 unspecified atom stereocenters. The van der Waals surface area contributed by atoms with Crippen LogP contribution in [0, 0.1) is 0 Å². The van der Waals surface area contributed by atoms with Crippen LogP contribution < -0.4 is 0 Å². The Labute approximate surface area is 821 Å². The Morgan fingerprint density at radius 2 is 0.348 bits per heavy atom. The van der Waals surface area contributed by atoms with Crippen molar-refractivity contribution in [3.05, 3.63) is 491 Å². The number of benzene rings is 21. The van der Waals surface area contributed by atoms with Crippen molar-refractivity contribution in [2.24, 2.45) is 0 Å². The normalized spacial score (nSPS) is 11.4. The molecule has 0 fully saturated rings. The Morgan fingerprint density at radius 1 is 0.135 bits per heavy atom. The van der Waals surface area contributed by atoms with Crippen molar-refractivity contribution < 1.29 is 4.42 Å². The van der Waals surface area contributed by atoms with Crippen LogP contribution in [0.25, 0.3) is 264 Å². The van der Waals surface area contributed by atoms with Gasteiger partial charge in [-0.25, -0.2) is 44.9 Å². The first-order valence-corrected chi connectivity index (χ1v) is 48.7. The first-order valence-electron chi connectivity index (χ1n) is 47.1. The molecule has 660 valence electrons. The molecule has 0 aliphatic heterocycles. The number of hydrogen-bond acceptors (Lipinski definition) is 12. The van der Waals surface area contributed by atoms with Crippen LogP contribution in [0.2, 0.25) is 0 Å². The second-order valence-corrected chi connectivity index (χ2v) is 37.0. The lowest BCUT2D eigenvalue weighted by molar-refractivity contribution is 0.672. The molecule has 141 heavy (non-hydrogen) atoms. The van der Waals surface area contributed by atoms with E-state index < -0.39 is 0 Å². The summed E-state index contributed by atoms with van der Waals surface area (Å²) in [5.41, 5.74) is 24.1. The Kier molecular flexibility index (Phi) is 22.2. The smallest absolute Gasteiger partial charge is 0.164 e. The van der Waals surface area contributed by atoms with Gasteiger partial charge in [-0.15, -0.1) is 22.7 Å². The number of nitrogens with zero attached hydrogens (tertiary/aromatic N) is 9. The van der Waals surface area contributed by atoms with Gasteiger partial charge in [-0.2, -0.15) is 0 Å². The van der Waals surface area contributed by atoms with Crippen molar-refractivity contribution in [1.82, 2.24) is 44.9 Å². The Balaban J connectivity index is 0.000000111. The van der Waals surface area contributed by atoms with Crippen LogP contribution in [0.4, 0.5) is 0 Å². The molecule has 0 N–H and O–H groups in total. The molecule has 0 atom stereocenters. The number of fused-ring (bicyclic) bond motifs is 15. The third-order valence-electron chi connectivity index (χ3n) is 26.2. The molecule has 0 aliphatic rings. The molecule has 10 nitrogen and oxygen atoms in total.